The molecule has 7 nitrogen and oxygen atoms in total. The van der Waals surface area contributed by atoms with E-state index in [0.29, 0.717) is 28.9 Å². The molecule has 1 aromatic heterocycles. The standard InChI is InChI=1S/C11H13N3S.C8H13NO.C3H2N2/c1-14-6-2-3-8(14)10-7(5-12)11(13)15-9(10)4-6;1-9-6-2-4-7(9)8(10)5-3-6;1-5-3-2-4/h6,8H,2-4,13H2,1H3;6-7H,2-5H2,1H3;3H2/t6-,8?;6-,7?;/m11./s1. The van der Waals surface area contributed by atoms with Crippen molar-refractivity contribution in [1.29, 1.82) is 10.5 Å². The van der Waals surface area contributed by atoms with Crippen molar-refractivity contribution in [2.75, 3.05) is 26.4 Å². The number of nitrogen functional groups attached to an aromatic ring is 1. The number of thiophene rings is 1. The summed E-state index contributed by atoms with van der Waals surface area (Å²) in [5, 5.41) is 17.4. The molecule has 0 spiro atoms. The SMILES string of the molecule is CN1C2CC[C@@H]1CCC2=O.CN1C2CC[C@@H]1Cc1sc(N)c(C#N)c12.[C-]#[N+]CC#N. The number of hydrogen-bond donors (Lipinski definition) is 1. The molecule has 0 aliphatic carbocycles. The van der Waals surface area contributed by atoms with Crippen molar-refractivity contribution < 1.29 is 4.79 Å². The summed E-state index contributed by atoms with van der Waals surface area (Å²) < 4.78 is 0. The number of anilines is 1. The third kappa shape index (κ3) is 4.20. The summed E-state index contributed by atoms with van der Waals surface area (Å²) in [7, 11) is 4.25. The normalized spacial score (nSPS) is 28.7. The van der Waals surface area contributed by atoms with Gasteiger partial charge >= 0.3 is 0 Å². The number of piperidine rings is 1. The number of likely N-dealkylation sites (N-methyl/N-ethyl adjacent to an activating group) is 2. The second-order valence-corrected chi connectivity index (χ2v) is 9.44. The summed E-state index contributed by atoms with van der Waals surface area (Å²) in [6.07, 6.45) is 7.81. The lowest BCUT2D eigenvalue weighted by molar-refractivity contribution is -0.125. The molecule has 2 N–H and O–H groups in total. The third-order valence-electron chi connectivity index (χ3n) is 6.84. The fraction of sp³-hybridized carbons (Fsp3) is 0.636. The van der Waals surface area contributed by atoms with Gasteiger partial charge in [-0.25, -0.2) is 6.57 Å². The van der Waals surface area contributed by atoms with E-state index in [4.69, 9.17) is 22.8 Å². The van der Waals surface area contributed by atoms with Gasteiger partial charge in [-0.1, -0.05) is 0 Å². The van der Waals surface area contributed by atoms with E-state index in [2.05, 4.69) is 34.8 Å². The van der Waals surface area contributed by atoms with Crippen LogP contribution in [0.4, 0.5) is 5.00 Å². The molecule has 4 atom stereocenters. The van der Waals surface area contributed by atoms with Crippen LogP contribution in [0.15, 0.2) is 0 Å². The van der Waals surface area contributed by atoms with Gasteiger partial charge < -0.3 is 10.6 Å². The predicted molar refractivity (Wildman–Crippen MR) is 117 cm³/mol. The van der Waals surface area contributed by atoms with E-state index >= 15 is 0 Å². The minimum Gasteiger partial charge on any atom is -0.389 e. The number of hydrogen-bond acceptors (Lipinski definition) is 7. The molecule has 5 heterocycles. The molecule has 3 fully saturated rings. The summed E-state index contributed by atoms with van der Waals surface area (Å²) in [6.45, 7) is 5.99. The molecule has 1 aromatic rings. The van der Waals surface area contributed by atoms with E-state index in [0.717, 1.165) is 37.3 Å². The molecule has 30 heavy (non-hydrogen) atoms. The molecule has 0 aromatic carbocycles. The molecular formula is C22H28N6OS. The van der Waals surface area contributed by atoms with E-state index in [-0.39, 0.29) is 6.54 Å². The zero-order chi connectivity index (χ0) is 21.8. The van der Waals surface area contributed by atoms with Gasteiger partial charge in [0.1, 0.15) is 22.9 Å². The van der Waals surface area contributed by atoms with Crippen LogP contribution < -0.4 is 5.73 Å². The Labute approximate surface area is 182 Å². The highest BCUT2D eigenvalue weighted by Gasteiger charge is 2.41. The second kappa shape index (κ2) is 9.58. The number of carbonyl (C=O) groups excluding carboxylic acids is 1. The van der Waals surface area contributed by atoms with Crippen molar-refractivity contribution in [3.63, 3.8) is 0 Å². The van der Waals surface area contributed by atoms with Gasteiger partial charge in [0.05, 0.1) is 11.6 Å². The first-order valence-electron chi connectivity index (χ1n) is 10.4. The first kappa shape index (κ1) is 22.2. The fourth-order valence-electron chi connectivity index (χ4n) is 5.21. The summed E-state index contributed by atoms with van der Waals surface area (Å²) in [5.74, 6) is 0.469. The summed E-state index contributed by atoms with van der Waals surface area (Å²) in [6, 6.07) is 6.06. The van der Waals surface area contributed by atoms with Crippen molar-refractivity contribution in [3.8, 4) is 12.1 Å². The average molecular weight is 425 g/mol. The maximum Gasteiger partial charge on any atom is 0.298 e. The topological polar surface area (TPSA) is 102 Å². The molecule has 4 aliphatic rings. The van der Waals surface area contributed by atoms with Gasteiger partial charge in [-0.3, -0.25) is 14.6 Å². The van der Waals surface area contributed by atoms with E-state index in [1.165, 1.54) is 29.7 Å². The zero-order valence-corrected chi connectivity index (χ0v) is 18.4. The largest absolute Gasteiger partial charge is 0.389 e. The van der Waals surface area contributed by atoms with Gasteiger partial charge in [0, 0.05) is 35.0 Å². The lowest BCUT2D eigenvalue weighted by Crippen LogP contribution is -2.42. The van der Waals surface area contributed by atoms with Gasteiger partial charge in [0.25, 0.3) is 6.54 Å². The number of carbonyl (C=O) groups is 1. The van der Waals surface area contributed by atoms with E-state index in [1.807, 2.05) is 0 Å². The van der Waals surface area contributed by atoms with Crippen LogP contribution in [0.25, 0.3) is 4.85 Å². The zero-order valence-electron chi connectivity index (χ0n) is 17.6. The van der Waals surface area contributed by atoms with Crippen LogP contribution in [-0.2, 0) is 11.2 Å². The fourth-order valence-corrected chi connectivity index (χ4v) is 6.36. The average Bonchev–Trinajstić information content (AvgIpc) is 3.26. The van der Waals surface area contributed by atoms with Gasteiger partial charge in [0.2, 0.25) is 0 Å². The maximum absolute atomic E-state index is 11.2. The van der Waals surface area contributed by atoms with Crippen LogP contribution in [0.3, 0.4) is 0 Å². The molecular weight excluding hydrogens is 396 g/mol. The Hall–Kier alpha value is -2.44. The molecule has 5 rings (SSSR count). The van der Waals surface area contributed by atoms with Crippen molar-refractivity contribution in [2.45, 2.75) is 69.1 Å². The molecule has 4 aliphatic heterocycles. The quantitative estimate of drug-likeness (QED) is 0.507. The maximum atomic E-state index is 11.2. The minimum absolute atomic E-state index is 0.0139. The van der Waals surface area contributed by atoms with E-state index in [9.17, 15) is 4.79 Å². The summed E-state index contributed by atoms with van der Waals surface area (Å²) >= 11 is 1.62. The second-order valence-electron chi connectivity index (χ2n) is 8.30. The molecule has 4 bridgehead atoms. The van der Waals surface area contributed by atoms with Crippen molar-refractivity contribution in [1.82, 2.24) is 9.80 Å². The van der Waals surface area contributed by atoms with Crippen LogP contribution in [0, 0.1) is 29.2 Å². The molecule has 0 saturated carbocycles. The Morgan fingerprint density at radius 2 is 1.80 bits per heavy atom. The highest BCUT2D eigenvalue weighted by molar-refractivity contribution is 7.16. The van der Waals surface area contributed by atoms with Gasteiger partial charge in [0.15, 0.2) is 0 Å². The lowest BCUT2D eigenvalue weighted by Gasteiger charge is -2.31. The summed E-state index contributed by atoms with van der Waals surface area (Å²) in [5.41, 5.74) is 7.86. The highest BCUT2D eigenvalue weighted by atomic mass is 32.1. The van der Waals surface area contributed by atoms with Gasteiger partial charge in [-0.15, -0.1) is 11.3 Å². The Morgan fingerprint density at radius 3 is 2.40 bits per heavy atom. The molecule has 158 valence electrons. The van der Waals surface area contributed by atoms with Crippen molar-refractivity contribution >= 4 is 22.1 Å². The number of nitrogens with zero attached hydrogens (tertiary/aromatic N) is 5. The number of fused-ring (bicyclic) bond motifs is 6. The predicted octanol–water partition coefficient (Wildman–Crippen LogP) is 3.13. The van der Waals surface area contributed by atoms with Gasteiger partial charge in [-0.05, 0) is 52.6 Å². The number of nitrogens with two attached hydrogens (primary N) is 1. The monoisotopic (exact) mass is 424 g/mol. The lowest BCUT2D eigenvalue weighted by atomic mass is 9.98. The van der Waals surface area contributed by atoms with Crippen LogP contribution in [0.1, 0.15) is 60.6 Å². The van der Waals surface area contributed by atoms with Gasteiger partial charge in [-0.2, -0.15) is 10.5 Å². The van der Waals surface area contributed by atoms with Crippen LogP contribution in [-0.4, -0.2) is 54.3 Å². The summed E-state index contributed by atoms with van der Waals surface area (Å²) in [4.78, 5) is 20.0. The third-order valence-corrected chi connectivity index (χ3v) is 7.90. The number of nitriles is 2. The number of rotatable bonds is 0. The Morgan fingerprint density at radius 1 is 1.13 bits per heavy atom. The molecule has 0 radical (unpaired) electrons. The van der Waals surface area contributed by atoms with E-state index in [1.54, 1.807) is 17.4 Å². The van der Waals surface area contributed by atoms with Crippen molar-refractivity contribution in [3.05, 3.63) is 27.4 Å². The Balaban J connectivity index is 0.000000147. The van der Waals surface area contributed by atoms with E-state index < -0.39 is 0 Å². The molecule has 3 saturated heterocycles. The van der Waals surface area contributed by atoms with Crippen LogP contribution in [0.2, 0.25) is 0 Å². The Kier molecular flexibility index (Phi) is 7.10. The van der Waals surface area contributed by atoms with Crippen molar-refractivity contribution in [2.24, 2.45) is 0 Å². The Bertz CT molecular complexity index is 908. The smallest absolute Gasteiger partial charge is 0.298 e. The number of ketones is 1. The minimum atomic E-state index is -0.0139. The first-order chi connectivity index (χ1) is 14.4. The van der Waals surface area contributed by atoms with Crippen LogP contribution in [0.5, 0.6) is 0 Å². The molecule has 8 heteroatoms. The highest BCUT2D eigenvalue weighted by Crippen LogP contribution is 2.48. The molecule has 2 unspecified atom stereocenters. The first-order valence-corrected chi connectivity index (χ1v) is 11.2. The molecule has 0 amide bonds. The van der Waals surface area contributed by atoms with Crippen LogP contribution >= 0.6 is 11.3 Å². The number of Topliss-reactive ketones (excluding diaryl/α,β-unsaturated/α-hetero) is 1.